The third kappa shape index (κ3) is 2.23. The minimum absolute atomic E-state index is 0.0209. The summed E-state index contributed by atoms with van der Waals surface area (Å²) >= 11 is 0. The van der Waals surface area contributed by atoms with Crippen LogP contribution in [0.1, 0.15) is 16.7 Å². The van der Waals surface area contributed by atoms with E-state index in [0.29, 0.717) is 6.42 Å². The number of nitrogens with one attached hydrogen (secondary N) is 1. The van der Waals surface area contributed by atoms with Crippen LogP contribution < -0.4 is 10.1 Å². The largest absolute Gasteiger partial charge is 0.480 e. The fraction of sp³-hybridized carbons (Fsp3) is 0.385. The van der Waals surface area contributed by atoms with Gasteiger partial charge in [0.15, 0.2) is 6.10 Å². The summed E-state index contributed by atoms with van der Waals surface area (Å²) in [4.78, 5) is 11.7. The van der Waals surface area contributed by atoms with Gasteiger partial charge in [-0.1, -0.05) is 6.07 Å². The van der Waals surface area contributed by atoms with Gasteiger partial charge in [0, 0.05) is 6.42 Å². The van der Waals surface area contributed by atoms with Crippen LogP contribution >= 0.6 is 0 Å². The summed E-state index contributed by atoms with van der Waals surface area (Å²) in [5.41, 5.74) is 3.41. The molecule has 1 aromatic carbocycles. The number of hydrogen-bond acceptors (Lipinski definition) is 3. The van der Waals surface area contributed by atoms with E-state index in [1.165, 1.54) is 5.56 Å². The van der Waals surface area contributed by atoms with E-state index in [0.717, 1.165) is 16.9 Å². The third-order valence-corrected chi connectivity index (χ3v) is 2.99. The number of rotatable bonds is 2. The van der Waals surface area contributed by atoms with Gasteiger partial charge in [-0.3, -0.25) is 4.79 Å². The number of hydrogen-bond donors (Lipinski definition) is 1. The molecule has 1 aromatic rings. The Balaban J connectivity index is 2.11. The van der Waals surface area contributed by atoms with Crippen LogP contribution in [0.15, 0.2) is 12.1 Å². The number of carbonyl (C=O) groups is 1. The first-order valence-corrected chi connectivity index (χ1v) is 5.53. The normalized spacial score (nSPS) is 16.9. The molecule has 0 aromatic heterocycles. The fourth-order valence-electron chi connectivity index (χ4n) is 1.90. The number of fused-ring (bicyclic) bond motifs is 1. The summed E-state index contributed by atoms with van der Waals surface area (Å²) in [6.07, 6.45) is 0.0767. The molecule has 1 amide bonds. The molecule has 0 radical (unpaired) electrons. The SMILES string of the molecule is Cc1cc2c(cc1C)O[C@H](C(=O)NCC#N)C2. The summed E-state index contributed by atoms with van der Waals surface area (Å²) in [6.45, 7) is 4.08. The predicted molar refractivity (Wildman–Crippen MR) is 62.7 cm³/mol. The zero-order valence-corrected chi connectivity index (χ0v) is 9.91. The maximum atomic E-state index is 11.7. The number of carbonyl (C=O) groups excluding carboxylic acids is 1. The van der Waals surface area contributed by atoms with E-state index >= 15 is 0 Å². The van der Waals surface area contributed by atoms with E-state index in [1.54, 1.807) is 0 Å². The molecule has 17 heavy (non-hydrogen) atoms. The van der Waals surface area contributed by atoms with E-state index in [-0.39, 0.29) is 12.5 Å². The highest BCUT2D eigenvalue weighted by molar-refractivity contribution is 5.82. The topological polar surface area (TPSA) is 62.1 Å². The Labute approximate surface area is 100 Å². The lowest BCUT2D eigenvalue weighted by molar-refractivity contribution is -0.126. The van der Waals surface area contributed by atoms with Gasteiger partial charge in [0.05, 0.1) is 6.07 Å². The first kappa shape index (κ1) is 11.5. The van der Waals surface area contributed by atoms with Crippen LogP contribution in [-0.4, -0.2) is 18.6 Å². The molecule has 4 nitrogen and oxygen atoms in total. The van der Waals surface area contributed by atoms with Crippen LogP contribution in [0.4, 0.5) is 0 Å². The standard InChI is InChI=1S/C13H14N2O2/c1-8-5-10-7-12(13(16)15-4-3-14)17-11(10)6-9(8)2/h5-6,12H,4,7H2,1-2H3,(H,15,16)/t12-/m0/s1. The molecule has 0 fully saturated rings. The summed E-state index contributed by atoms with van der Waals surface area (Å²) in [6, 6.07) is 5.89. The van der Waals surface area contributed by atoms with Gasteiger partial charge in [0.1, 0.15) is 12.3 Å². The van der Waals surface area contributed by atoms with Gasteiger partial charge in [-0.15, -0.1) is 0 Å². The number of nitrogens with zero attached hydrogens (tertiary/aromatic N) is 1. The molecular formula is C13H14N2O2. The average Bonchev–Trinajstić information content (AvgIpc) is 2.69. The maximum absolute atomic E-state index is 11.7. The van der Waals surface area contributed by atoms with Crippen molar-refractivity contribution in [1.82, 2.24) is 5.32 Å². The summed E-state index contributed by atoms with van der Waals surface area (Å²) in [5, 5.41) is 10.9. The van der Waals surface area contributed by atoms with Crippen molar-refractivity contribution in [3.05, 3.63) is 28.8 Å². The van der Waals surface area contributed by atoms with Crippen LogP contribution in [-0.2, 0) is 11.2 Å². The van der Waals surface area contributed by atoms with Crippen molar-refractivity contribution in [3.8, 4) is 11.8 Å². The van der Waals surface area contributed by atoms with Gasteiger partial charge in [-0.25, -0.2) is 0 Å². The van der Waals surface area contributed by atoms with Crippen LogP contribution in [0.25, 0.3) is 0 Å². The lowest BCUT2D eigenvalue weighted by Crippen LogP contribution is -2.37. The molecule has 1 aliphatic heterocycles. The van der Waals surface area contributed by atoms with Crippen molar-refractivity contribution in [2.45, 2.75) is 26.4 Å². The van der Waals surface area contributed by atoms with Gasteiger partial charge in [-0.05, 0) is 36.6 Å². The average molecular weight is 230 g/mol. The number of benzene rings is 1. The van der Waals surface area contributed by atoms with E-state index < -0.39 is 6.10 Å². The van der Waals surface area contributed by atoms with Crippen molar-refractivity contribution < 1.29 is 9.53 Å². The highest BCUT2D eigenvalue weighted by atomic mass is 16.5. The molecule has 0 bridgehead atoms. The minimum Gasteiger partial charge on any atom is -0.480 e. The Hall–Kier alpha value is -2.02. The van der Waals surface area contributed by atoms with E-state index in [1.807, 2.05) is 26.0 Å². The van der Waals surface area contributed by atoms with E-state index in [9.17, 15) is 4.79 Å². The molecule has 1 heterocycles. The molecule has 0 unspecified atom stereocenters. The van der Waals surface area contributed by atoms with Crippen molar-refractivity contribution in [3.63, 3.8) is 0 Å². The third-order valence-electron chi connectivity index (χ3n) is 2.99. The molecule has 1 N–H and O–H groups in total. The molecule has 0 saturated heterocycles. The quantitative estimate of drug-likeness (QED) is 0.778. The molecule has 4 heteroatoms. The second-order valence-corrected chi connectivity index (χ2v) is 4.23. The lowest BCUT2D eigenvalue weighted by Gasteiger charge is -2.09. The lowest BCUT2D eigenvalue weighted by atomic mass is 10.0. The van der Waals surface area contributed by atoms with E-state index in [4.69, 9.17) is 10.00 Å². The fourth-order valence-corrected chi connectivity index (χ4v) is 1.90. The smallest absolute Gasteiger partial charge is 0.262 e. The zero-order valence-electron chi connectivity index (χ0n) is 9.91. The first-order valence-electron chi connectivity index (χ1n) is 5.53. The number of ether oxygens (including phenoxy) is 1. The molecule has 1 atom stereocenters. The molecule has 2 rings (SSSR count). The number of nitriles is 1. The number of amides is 1. The summed E-state index contributed by atoms with van der Waals surface area (Å²) < 4.78 is 5.58. The maximum Gasteiger partial charge on any atom is 0.262 e. The van der Waals surface area contributed by atoms with Crippen molar-refractivity contribution in [2.75, 3.05) is 6.54 Å². The molecule has 1 aliphatic rings. The van der Waals surface area contributed by atoms with Gasteiger partial charge < -0.3 is 10.1 Å². The Bertz CT molecular complexity index is 472. The van der Waals surface area contributed by atoms with Gasteiger partial charge in [0.2, 0.25) is 0 Å². The Morgan fingerprint density at radius 3 is 2.94 bits per heavy atom. The second kappa shape index (κ2) is 4.46. The van der Waals surface area contributed by atoms with Crippen LogP contribution in [0.5, 0.6) is 5.75 Å². The van der Waals surface area contributed by atoms with Gasteiger partial charge in [0.25, 0.3) is 5.91 Å². The highest BCUT2D eigenvalue weighted by Crippen LogP contribution is 2.31. The second-order valence-electron chi connectivity index (χ2n) is 4.23. The summed E-state index contributed by atoms with van der Waals surface area (Å²) in [5.74, 6) is 0.559. The predicted octanol–water partition coefficient (Wildman–Crippen LogP) is 1.25. The van der Waals surface area contributed by atoms with Crippen LogP contribution in [0.2, 0.25) is 0 Å². The van der Waals surface area contributed by atoms with Crippen LogP contribution in [0.3, 0.4) is 0 Å². The first-order chi connectivity index (χ1) is 8.11. The Morgan fingerprint density at radius 1 is 1.53 bits per heavy atom. The van der Waals surface area contributed by atoms with E-state index in [2.05, 4.69) is 11.4 Å². The van der Waals surface area contributed by atoms with Gasteiger partial charge in [-0.2, -0.15) is 5.26 Å². The molecule has 88 valence electrons. The monoisotopic (exact) mass is 230 g/mol. The number of aryl methyl sites for hydroxylation is 2. The van der Waals surface area contributed by atoms with Crippen molar-refractivity contribution in [1.29, 1.82) is 5.26 Å². The van der Waals surface area contributed by atoms with Crippen LogP contribution in [0, 0.1) is 25.2 Å². The van der Waals surface area contributed by atoms with Crippen molar-refractivity contribution in [2.24, 2.45) is 0 Å². The Morgan fingerprint density at radius 2 is 2.24 bits per heavy atom. The van der Waals surface area contributed by atoms with Gasteiger partial charge >= 0.3 is 0 Å². The minimum atomic E-state index is -0.500. The highest BCUT2D eigenvalue weighted by Gasteiger charge is 2.29. The molecule has 0 aliphatic carbocycles. The zero-order chi connectivity index (χ0) is 12.4. The molecular weight excluding hydrogens is 216 g/mol. The van der Waals surface area contributed by atoms with Crippen molar-refractivity contribution >= 4 is 5.91 Å². The molecule has 0 spiro atoms. The summed E-state index contributed by atoms with van der Waals surface area (Å²) in [7, 11) is 0. The molecule has 0 saturated carbocycles. The Kier molecular flexibility index (Phi) is 3.01.